The van der Waals surface area contributed by atoms with Gasteiger partial charge in [0.25, 0.3) is 5.91 Å². The monoisotopic (exact) mass is 376 g/mol. The Bertz CT molecular complexity index is 896. The summed E-state index contributed by atoms with van der Waals surface area (Å²) in [7, 11) is 0. The number of amides is 2. The summed E-state index contributed by atoms with van der Waals surface area (Å²) in [4.78, 5) is 26.9. The van der Waals surface area contributed by atoms with Gasteiger partial charge in [0.1, 0.15) is 12.6 Å². The van der Waals surface area contributed by atoms with Gasteiger partial charge in [0.05, 0.1) is 6.04 Å². The van der Waals surface area contributed by atoms with Gasteiger partial charge in [-0.25, -0.2) is 5.43 Å². The molecule has 2 aromatic carbocycles. The summed E-state index contributed by atoms with van der Waals surface area (Å²) in [5.74, 6) is -0.259. The number of hydrogen-bond acceptors (Lipinski definition) is 4. The number of nitrogens with zero attached hydrogens (tertiary/aromatic N) is 2. The van der Waals surface area contributed by atoms with E-state index in [2.05, 4.69) is 22.9 Å². The lowest BCUT2D eigenvalue weighted by Crippen LogP contribution is -2.49. The molecule has 6 heteroatoms. The highest BCUT2D eigenvalue weighted by Crippen LogP contribution is 2.30. The number of anilines is 1. The summed E-state index contributed by atoms with van der Waals surface area (Å²) in [6.07, 6.45) is 5.01. The summed E-state index contributed by atoms with van der Waals surface area (Å²) in [6.45, 7) is 2.06. The van der Waals surface area contributed by atoms with Crippen molar-refractivity contribution >= 4 is 17.5 Å². The number of aryl methyl sites for hydroxylation is 1. The second-order valence-corrected chi connectivity index (χ2v) is 7.07. The van der Waals surface area contributed by atoms with Gasteiger partial charge in [-0.2, -0.15) is 0 Å². The van der Waals surface area contributed by atoms with Gasteiger partial charge in [0.2, 0.25) is 5.91 Å². The number of rotatable bonds is 5. The zero-order valence-corrected chi connectivity index (χ0v) is 15.8. The van der Waals surface area contributed by atoms with Crippen LogP contribution in [0, 0.1) is 0 Å². The molecule has 0 radical (unpaired) electrons. The Balaban J connectivity index is 1.40. The summed E-state index contributed by atoms with van der Waals surface area (Å²) in [5, 5.41) is 4.78. The molecule has 1 fully saturated rings. The summed E-state index contributed by atoms with van der Waals surface area (Å²) < 4.78 is 0. The van der Waals surface area contributed by atoms with E-state index in [4.69, 9.17) is 0 Å². The fourth-order valence-corrected chi connectivity index (χ4v) is 3.76. The molecule has 2 aromatic rings. The van der Waals surface area contributed by atoms with Crippen molar-refractivity contribution in [1.82, 2.24) is 15.3 Å². The maximum absolute atomic E-state index is 12.9. The van der Waals surface area contributed by atoms with Crippen LogP contribution in [-0.4, -0.2) is 34.3 Å². The average molecular weight is 376 g/mol. The van der Waals surface area contributed by atoms with E-state index < -0.39 is 0 Å². The molecule has 1 saturated heterocycles. The molecule has 2 amide bonds. The maximum Gasteiger partial charge on any atom is 0.251 e. The highest BCUT2D eigenvalue weighted by atomic mass is 16.2. The van der Waals surface area contributed by atoms with Gasteiger partial charge in [0, 0.05) is 18.1 Å². The molecule has 0 aromatic heterocycles. The van der Waals surface area contributed by atoms with Crippen LogP contribution in [0.4, 0.5) is 5.69 Å². The fraction of sp³-hybridized carbons (Fsp3) is 0.273. The number of fused-ring (bicyclic) bond motifs is 1. The van der Waals surface area contributed by atoms with Crippen molar-refractivity contribution in [3.05, 3.63) is 78.1 Å². The number of para-hydroxylation sites is 1. The molecule has 28 heavy (non-hydrogen) atoms. The Morgan fingerprint density at radius 1 is 1.11 bits per heavy atom. The van der Waals surface area contributed by atoms with Gasteiger partial charge in [-0.3, -0.25) is 9.59 Å². The van der Waals surface area contributed by atoms with Crippen molar-refractivity contribution in [2.45, 2.75) is 31.8 Å². The third kappa shape index (κ3) is 3.64. The van der Waals surface area contributed by atoms with Crippen molar-refractivity contribution in [3.63, 3.8) is 0 Å². The quantitative estimate of drug-likeness (QED) is 0.842. The van der Waals surface area contributed by atoms with Crippen molar-refractivity contribution in [1.29, 1.82) is 0 Å². The molecule has 6 nitrogen and oxygen atoms in total. The molecule has 2 aliphatic heterocycles. The lowest BCUT2D eigenvalue weighted by molar-refractivity contribution is -0.137. The van der Waals surface area contributed by atoms with E-state index in [1.165, 1.54) is 4.90 Å². The van der Waals surface area contributed by atoms with Crippen LogP contribution in [-0.2, 0) is 16.0 Å². The van der Waals surface area contributed by atoms with Gasteiger partial charge < -0.3 is 15.2 Å². The number of carbonyl (C=O) groups is 2. The van der Waals surface area contributed by atoms with Crippen LogP contribution in [0.25, 0.3) is 0 Å². The molecule has 0 bridgehead atoms. The van der Waals surface area contributed by atoms with E-state index in [-0.39, 0.29) is 30.4 Å². The minimum atomic E-state index is -0.300. The van der Waals surface area contributed by atoms with Crippen LogP contribution in [0.5, 0.6) is 0 Å². The van der Waals surface area contributed by atoms with Crippen LogP contribution < -0.4 is 10.7 Å². The first-order chi connectivity index (χ1) is 13.7. The van der Waals surface area contributed by atoms with Crippen LogP contribution in [0.3, 0.4) is 0 Å². The molecular formula is C22H24N4O2. The first kappa shape index (κ1) is 18.3. The number of nitrogens with one attached hydrogen (secondary N) is 2. The van der Waals surface area contributed by atoms with E-state index in [9.17, 15) is 9.59 Å². The van der Waals surface area contributed by atoms with E-state index >= 15 is 0 Å². The fourth-order valence-electron chi connectivity index (χ4n) is 3.76. The standard InChI is InChI=1S/C22H24N4O2/c1-2-16-8-6-7-11-18(16)23-21(27)15-25-12-13-26-20(22(25)28)14-19(24-26)17-9-4-3-5-10-17/h3-13,19-20,24H,2,14-15H2,1H3,(H,23,27). The molecule has 4 rings (SSSR count). The summed E-state index contributed by atoms with van der Waals surface area (Å²) >= 11 is 0. The topological polar surface area (TPSA) is 64.7 Å². The van der Waals surface area contributed by atoms with Gasteiger partial charge >= 0.3 is 0 Å². The first-order valence-electron chi connectivity index (χ1n) is 9.61. The number of carbonyl (C=O) groups excluding carboxylic acids is 2. The van der Waals surface area contributed by atoms with E-state index in [0.29, 0.717) is 6.42 Å². The Hall–Kier alpha value is -3.12. The molecule has 2 atom stereocenters. The number of hydrazine groups is 1. The van der Waals surface area contributed by atoms with Crippen LogP contribution in [0.15, 0.2) is 67.0 Å². The largest absolute Gasteiger partial charge is 0.324 e. The third-order valence-electron chi connectivity index (χ3n) is 5.26. The summed E-state index contributed by atoms with van der Waals surface area (Å²) in [5.41, 5.74) is 6.40. The van der Waals surface area contributed by atoms with Gasteiger partial charge in [-0.05, 0) is 30.0 Å². The lowest BCUT2D eigenvalue weighted by Gasteiger charge is -2.31. The van der Waals surface area contributed by atoms with Gasteiger partial charge in [-0.15, -0.1) is 0 Å². The minimum absolute atomic E-state index is 0.00766. The Kier molecular flexibility index (Phi) is 5.12. The second-order valence-electron chi connectivity index (χ2n) is 7.07. The molecule has 2 aliphatic rings. The minimum Gasteiger partial charge on any atom is -0.324 e. The summed E-state index contributed by atoms with van der Waals surface area (Å²) in [6, 6.07) is 17.6. The zero-order valence-electron chi connectivity index (χ0n) is 15.8. The number of hydrogen-bond donors (Lipinski definition) is 2. The van der Waals surface area contributed by atoms with E-state index in [1.807, 2.05) is 60.6 Å². The van der Waals surface area contributed by atoms with Crippen LogP contribution in [0.2, 0.25) is 0 Å². The Labute approximate surface area is 164 Å². The Morgan fingerprint density at radius 2 is 1.86 bits per heavy atom. The highest BCUT2D eigenvalue weighted by Gasteiger charge is 2.40. The van der Waals surface area contributed by atoms with E-state index in [0.717, 1.165) is 23.2 Å². The van der Waals surface area contributed by atoms with E-state index in [1.54, 1.807) is 6.20 Å². The van der Waals surface area contributed by atoms with Gasteiger partial charge in [-0.1, -0.05) is 55.5 Å². The number of benzene rings is 2. The van der Waals surface area contributed by atoms with Crippen molar-refractivity contribution in [2.24, 2.45) is 0 Å². The van der Waals surface area contributed by atoms with Crippen molar-refractivity contribution in [2.75, 3.05) is 11.9 Å². The predicted octanol–water partition coefficient (Wildman–Crippen LogP) is 2.82. The lowest BCUT2D eigenvalue weighted by atomic mass is 10.0. The highest BCUT2D eigenvalue weighted by molar-refractivity contribution is 5.96. The molecule has 2 N–H and O–H groups in total. The molecule has 0 aliphatic carbocycles. The van der Waals surface area contributed by atoms with Crippen LogP contribution in [0.1, 0.15) is 30.5 Å². The van der Waals surface area contributed by atoms with Crippen molar-refractivity contribution < 1.29 is 9.59 Å². The normalized spacial score (nSPS) is 21.0. The Morgan fingerprint density at radius 3 is 2.64 bits per heavy atom. The molecule has 2 unspecified atom stereocenters. The zero-order chi connectivity index (χ0) is 19.5. The van der Waals surface area contributed by atoms with Crippen LogP contribution >= 0.6 is 0 Å². The third-order valence-corrected chi connectivity index (χ3v) is 5.26. The maximum atomic E-state index is 12.9. The van der Waals surface area contributed by atoms with Gasteiger partial charge in [0.15, 0.2) is 0 Å². The molecule has 144 valence electrons. The molecule has 0 spiro atoms. The second kappa shape index (κ2) is 7.86. The first-order valence-corrected chi connectivity index (χ1v) is 9.61. The molecular weight excluding hydrogens is 352 g/mol. The predicted molar refractivity (Wildman–Crippen MR) is 108 cm³/mol. The average Bonchev–Trinajstić information content (AvgIpc) is 3.16. The smallest absolute Gasteiger partial charge is 0.251 e. The SMILES string of the molecule is CCc1ccccc1NC(=O)CN1C=CN2NC(c3ccccc3)CC2C1=O. The van der Waals surface area contributed by atoms with Crippen molar-refractivity contribution in [3.8, 4) is 0 Å². The molecule has 2 heterocycles. The molecule has 0 saturated carbocycles.